The Bertz CT molecular complexity index is 749. The van der Waals surface area contributed by atoms with Gasteiger partial charge in [0.2, 0.25) is 0 Å². The number of ether oxygens (including phenoxy) is 1. The van der Waals surface area contributed by atoms with Gasteiger partial charge in [0.15, 0.2) is 6.61 Å². The zero-order valence-electron chi connectivity index (χ0n) is 13.7. The van der Waals surface area contributed by atoms with E-state index in [1.165, 1.54) is 12.1 Å². The van der Waals surface area contributed by atoms with Crippen LogP contribution < -0.4 is 10.1 Å². The predicted molar refractivity (Wildman–Crippen MR) is 92.0 cm³/mol. The van der Waals surface area contributed by atoms with Crippen LogP contribution in [0.3, 0.4) is 0 Å². The molecule has 1 atom stereocenters. The lowest BCUT2D eigenvalue weighted by atomic mass is 10.0. The van der Waals surface area contributed by atoms with Crippen molar-refractivity contribution in [1.82, 2.24) is 5.32 Å². The summed E-state index contributed by atoms with van der Waals surface area (Å²) in [6, 6.07) is 15.6. The molecule has 1 N–H and O–H groups in total. The van der Waals surface area contributed by atoms with Crippen molar-refractivity contribution >= 4 is 11.6 Å². The van der Waals surface area contributed by atoms with Crippen molar-refractivity contribution in [2.24, 2.45) is 5.16 Å². The van der Waals surface area contributed by atoms with Crippen LogP contribution in [0.25, 0.3) is 0 Å². The number of rotatable bonds is 7. The minimum atomic E-state index is -0.265. The highest BCUT2D eigenvalue weighted by molar-refractivity contribution is 5.87. The molecule has 0 aromatic heterocycles. The van der Waals surface area contributed by atoms with Crippen LogP contribution in [0.15, 0.2) is 59.8 Å². The van der Waals surface area contributed by atoms with Gasteiger partial charge in [0, 0.05) is 12.8 Å². The second-order valence-electron chi connectivity index (χ2n) is 5.80. The van der Waals surface area contributed by atoms with Gasteiger partial charge in [-0.1, -0.05) is 35.5 Å². The van der Waals surface area contributed by atoms with Crippen molar-refractivity contribution in [3.63, 3.8) is 0 Å². The van der Waals surface area contributed by atoms with E-state index in [1.807, 2.05) is 24.3 Å². The Morgan fingerprint density at radius 1 is 1.24 bits per heavy atom. The van der Waals surface area contributed by atoms with Gasteiger partial charge in [-0.25, -0.2) is 4.39 Å². The maximum Gasteiger partial charge on any atom is 0.258 e. The average Bonchev–Trinajstić information content (AvgIpc) is 3.06. The lowest BCUT2D eigenvalue weighted by Crippen LogP contribution is -2.35. The number of amides is 1. The molecule has 0 saturated carbocycles. The molecule has 6 heteroatoms. The van der Waals surface area contributed by atoms with Crippen LogP contribution in [0.1, 0.15) is 12.0 Å². The quantitative estimate of drug-likeness (QED) is 0.842. The van der Waals surface area contributed by atoms with E-state index in [2.05, 4.69) is 10.5 Å². The summed E-state index contributed by atoms with van der Waals surface area (Å²) < 4.78 is 18.6. The lowest BCUT2D eigenvalue weighted by molar-refractivity contribution is -0.123. The fraction of sp³-hybridized carbons (Fsp3) is 0.263. The molecule has 0 bridgehead atoms. The summed E-state index contributed by atoms with van der Waals surface area (Å²) in [5.41, 5.74) is 1.69. The smallest absolute Gasteiger partial charge is 0.258 e. The summed E-state index contributed by atoms with van der Waals surface area (Å²) in [7, 11) is 0. The molecule has 1 heterocycles. The van der Waals surface area contributed by atoms with Crippen molar-refractivity contribution in [1.29, 1.82) is 0 Å². The molecule has 0 aliphatic carbocycles. The minimum Gasteiger partial charge on any atom is -0.484 e. The number of halogens is 1. The third kappa shape index (κ3) is 5.31. The molecule has 0 fully saturated rings. The molecule has 0 spiro atoms. The lowest BCUT2D eigenvalue weighted by Gasteiger charge is -2.10. The Kier molecular flexibility index (Phi) is 5.61. The van der Waals surface area contributed by atoms with Crippen LogP contribution in [-0.4, -0.2) is 30.9 Å². The first-order valence-corrected chi connectivity index (χ1v) is 8.09. The second-order valence-corrected chi connectivity index (χ2v) is 5.80. The Hall–Kier alpha value is -2.89. The SMILES string of the molecule is O=C(COc1ccccc1)NC[C@H]1CC(Cc2cccc(F)c2)=NO1. The van der Waals surface area contributed by atoms with Crippen molar-refractivity contribution in [2.75, 3.05) is 13.2 Å². The van der Waals surface area contributed by atoms with Crippen molar-refractivity contribution in [3.8, 4) is 5.75 Å². The van der Waals surface area contributed by atoms with E-state index in [-0.39, 0.29) is 24.4 Å². The van der Waals surface area contributed by atoms with Gasteiger partial charge in [-0.3, -0.25) is 4.79 Å². The van der Waals surface area contributed by atoms with Crippen LogP contribution in [0.4, 0.5) is 4.39 Å². The van der Waals surface area contributed by atoms with Crippen molar-refractivity contribution < 1.29 is 18.8 Å². The molecule has 1 aliphatic heterocycles. The number of nitrogens with zero attached hydrogens (tertiary/aromatic N) is 1. The average molecular weight is 342 g/mol. The van der Waals surface area contributed by atoms with Crippen LogP contribution in [0.5, 0.6) is 5.75 Å². The third-order valence-electron chi connectivity index (χ3n) is 3.73. The topological polar surface area (TPSA) is 59.9 Å². The number of nitrogens with one attached hydrogen (secondary N) is 1. The number of para-hydroxylation sites is 1. The van der Waals surface area contributed by atoms with Gasteiger partial charge in [-0.2, -0.15) is 0 Å². The van der Waals surface area contributed by atoms with E-state index >= 15 is 0 Å². The molecular weight excluding hydrogens is 323 g/mol. The van der Waals surface area contributed by atoms with Crippen LogP contribution >= 0.6 is 0 Å². The number of hydrogen-bond donors (Lipinski definition) is 1. The van der Waals surface area contributed by atoms with E-state index in [0.717, 1.165) is 11.3 Å². The summed E-state index contributed by atoms with van der Waals surface area (Å²) in [5, 5.41) is 6.79. The molecule has 5 nitrogen and oxygen atoms in total. The van der Waals surface area contributed by atoms with E-state index < -0.39 is 0 Å². The van der Waals surface area contributed by atoms with Gasteiger partial charge in [-0.15, -0.1) is 0 Å². The Balaban J connectivity index is 1.37. The molecule has 130 valence electrons. The highest BCUT2D eigenvalue weighted by atomic mass is 19.1. The Morgan fingerprint density at radius 2 is 2.08 bits per heavy atom. The van der Waals surface area contributed by atoms with Gasteiger partial charge in [0.05, 0.1) is 12.3 Å². The van der Waals surface area contributed by atoms with E-state index in [4.69, 9.17) is 9.57 Å². The van der Waals surface area contributed by atoms with E-state index in [9.17, 15) is 9.18 Å². The van der Waals surface area contributed by atoms with E-state index in [1.54, 1.807) is 18.2 Å². The summed E-state index contributed by atoms with van der Waals surface area (Å²) in [6.07, 6.45) is 0.944. The minimum absolute atomic E-state index is 0.0479. The van der Waals surface area contributed by atoms with Crippen LogP contribution in [0, 0.1) is 5.82 Å². The molecule has 3 rings (SSSR count). The number of carbonyl (C=O) groups excluding carboxylic acids is 1. The number of oxime groups is 1. The first-order chi connectivity index (χ1) is 12.2. The standard InChI is InChI=1S/C19H19FN2O3/c20-15-6-4-5-14(9-15)10-16-11-18(25-22-16)12-21-19(23)13-24-17-7-2-1-3-8-17/h1-9,18H,10-13H2,(H,21,23)/t18-/m1/s1. The van der Waals surface area contributed by atoms with E-state index in [0.29, 0.717) is 25.1 Å². The molecule has 1 aliphatic rings. The van der Waals surface area contributed by atoms with Crippen molar-refractivity contribution in [3.05, 3.63) is 66.0 Å². The van der Waals surface area contributed by atoms with Crippen LogP contribution in [0.2, 0.25) is 0 Å². The molecular formula is C19H19FN2O3. The summed E-state index contributed by atoms with van der Waals surface area (Å²) >= 11 is 0. The maximum atomic E-state index is 13.2. The Labute approximate surface area is 145 Å². The first-order valence-electron chi connectivity index (χ1n) is 8.09. The van der Waals surface area contributed by atoms with Gasteiger partial charge in [0.1, 0.15) is 17.7 Å². The summed E-state index contributed by atoms with van der Waals surface area (Å²) in [4.78, 5) is 17.1. The fourth-order valence-corrected chi connectivity index (χ4v) is 2.53. The number of carbonyl (C=O) groups is 1. The highest BCUT2D eigenvalue weighted by Gasteiger charge is 2.21. The normalized spacial score (nSPS) is 16.0. The summed E-state index contributed by atoms with van der Waals surface area (Å²) in [5.74, 6) is 0.167. The third-order valence-corrected chi connectivity index (χ3v) is 3.73. The largest absolute Gasteiger partial charge is 0.484 e. The molecule has 0 radical (unpaired) electrons. The summed E-state index contributed by atoms with van der Waals surface area (Å²) in [6.45, 7) is 0.306. The molecule has 2 aromatic carbocycles. The second kappa shape index (κ2) is 8.28. The van der Waals surface area contributed by atoms with Crippen molar-refractivity contribution in [2.45, 2.75) is 18.9 Å². The highest BCUT2D eigenvalue weighted by Crippen LogP contribution is 2.15. The molecule has 0 saturated heterocycles. The van der Waals surface area contributed by atoms with Gasteiger partial charge < -0.3 is 14.9 Å². The number of hydrogen-bond acceptors (Lipinski definition) is 4. The van der Waals surface area contributed by atoms with Gasteiger partial charge in [0.25, 0.3) is 5.91 Å². The van der Waals surface area contributed by atoms with Crippen LogP contribution in [-0.2, 0) is 16.1 Å². The fourth-order valence-electron chi connectivity index (χ4n) is 2.53. The molecule has 0 unspecified atom stereocenters. The van der Waals surface area contributed by atoms with Gasteiger partial charge >= 0.3 is 0 Å². The predicted octanol–water partition coefficient (Wildman–Crippen LogP) is 2.71. The molecule has 25 heavy (non-hydrogen) atoms. The zero-order chi connectivity index (χ0) is 17.5. The molecule has 2 aromatic rings. The monoisotopic (exact) mass is 342 g/mol. The zero-order valence-corrected chi connectivity index (χ0v) is 13.7. The maximum absolute atomic E-state index is 13.2. The first kappa shape index (κ1) is 17.0. The molecule has 1 amide bonds. The van der Waals surface area contributed by atoms with Gasteiger partial charge in [-0.05, 0) is 29.8 Å². The Morgan fingerprint density at radius 3 is 2.88 bits per heavy atom. The number of benzene rings is 2.